The number of aromatic hydroxyl groups is 1. The number of thiophene rings is 1. The maximum absolute atomic E-state index is 13.3. The van der Waals surface area contributed by atoms with Gasteiger partial charge in [0.1, 0.15) is 5.75 Å². The van der Waals surface area contributed by atoms with Crippen LogP contribution in [-0.4, -0.2) is 28.1 Å². The van der Waals surface area contributed by atoms with Gasteiger partial charge in [-0.15, -0.1) is 11.3 Å². The van der Waals surface area contributed by atoms with Crippen LogP contribution < -0.4 is 5.32 Å². The van der Waals surface area contributed by atoms with E-state index in [4.69, 9.17) is 5.11 Å². The number of carbonyl (C=O) groups excluding carboxylic acids is 1. The molecule has 2 aromatic rings. The van der Waals surface area contributed by atoms with Crippen LogP contribution in [0, 0.1) is 23.2 Å². The van der Waals surface area contributed by atoms with Crippen LogP contribution in [0.15, 0.2) is 23.6 Å². The molecule has 0 saturated heterocycles. The van der Waals surface area contributed by atoms with Gasteiger partial charge in [-0.1, -0.05) is 33.1 Å². The summed E-state index contributed by atoms with van der Waals surface area (Å²) in [6.07, 6.45) is 7.54. The Kier molecular flexibility index (Phi) is 6.29. The standard InChI is InChI=1S/C25H33NO4S/c1-25(2)16-11-15(7-5-3-4-6-8-22(28)29)23(20(25)12-16)26-24(30)19-14-31-21-10-9-17(27)13-18(19)21/h9-10,13-16,20,23,27H,3-8,11-12H2,1-2H3,(H,26,30)(H,28,29)/t15-,16+,20+,23-/m0/s1. The molecule has 3 aliphatic carbocycles. The average molecular weight is 444 g/mol. The Morgan fingerprint density at radius 1 is 1.16 bits per heavy atom. The zero-order chi connectivity index (χ0) is 22.2. The smallest absolute Gasteiger partial charge is 0.303 e. The van der Waals surface area contributed by atoms with Crippen molar-refractivity contribution in [3.8, 4) is 5.75 Å². The fraction of sp³-hybridized carbons (Fsp3) is 0.600. The van der Waals surface area contributed by atoms with E-state index in [0.29, 0.717) is 17.4 Å². The van der Waals surface area contributed by atoms with Crippen LogP contribution in [0.3, 0.4) is 0 Å². The second-order valence-corrected chi connectivity index (χ2v) is 10.9. The Morgan fingerprint density at radius 3 is 2.68 bits per heavy atom. The Morgan fingerprint density at radius 2 is 1.94 bits per heavy atom. The number of benzene rings is 1. The molecule has 3 N–H and O–H groups in total. The van der Waals surface area contributed by atoms with Crippen molar-refractivity contribution < 1.29 is 19.8 Å². The minimum atomic E-state index is -0.716. The van der Waals surface area contributed by atoms with Crippen molar-refractivity contribution in [1.82, 2.24) is 5.32 Å². The van der Waals surface area contributed by atoms with Gasteiger partial charge in [-0.25, -0.2) is 0 Å². The summed E-state index contributed by atoms with van der Waals surface area (Å²) in [6.45, 7) is 4.68. The Bertz CT molecular complexity index is 966. The van der Waals surface area contributed by atoms with Gasteiger partial charge >= 0.3 is 5.97 Å². The first-order valence-electron chi connectivity index (χ1n) is 11.5. The molecule has 2 bridgehead atoms. The van der Waals surface area contributed by atoms with E-state index in [-0.39, 0.29) is 29.5 Å². The summed E-state index contributed by atoms with van der Waals surface area (Å²) in [5.74, 6) is 1.16. The number of fused-ring (bicyclic) bond motifs is 3. The number of rotatable bonds is 9. The number of phenolic OH excluding ortho intramolecular Hbond substituents is 1. The Labute approximate surface area is 187 Å². The summed E-state index contributed by atoms with van der Waals surface area (Å²) in [5, 5.41) is 24.8. The van der Waals surface area contributed by atoms with Crippen molar-refractivity contribution in [2.24, 2.45) is 23.2 Å². The quantitative estimate of drug-likeness (QED) is 0.427. The second kappa shape index (κ2) is 8.81. The largest absolute Gasteiger partial charge is 0.508 e. The number of amides is 1. The summed E-state index contributed by atoms with van der Waals surface area (Å²) in [7, 11) is 0. The summed E-state index contributed by atoms with van der Waals surface area (Å²) < 4.78 is 1.01. The highest BCUT2D eigenvalue weighted by molar-refractivity contribution is 7.17. The van der Waals surface area contributed by atoms with Crippen molar-refractivity contribution in [3.63, 3.8) is 0 Å². The van der Waals surface area contributed by atoms with Gasteiger partial charge in [0.05, 0.1) is 5.56 Å². The SMILES string of the molecule is CC1(C)[C@@H]2C[C@H](CCCCCCC(=O)O)[C@H](NC(=O)c3csc4ccc(O)cc34)[C@H]1C2. The molecule has 31 heavy (non-hydrogen) atoms. The lowest BCUT2D eigenvalue weighted by Gasteiger charge is -2.62. The first kappa shape index (κ1) is 22.1. The number of unbranched alkanes of at least 4 members (excludes halogenated alkanes) is 3. The van der Waals surface area contributed by atoms with Crippen molar-refractivity contribution in [3.05, 3.63) is 29.1 Å². The van der Waals surface area contributed by atoms with E-state index in [1.165, 1.54) is 17.8 Å². The van der Waals surface area contributed by atoms with E-state index >= 15 is 0 Å². The van der Waals surface area contributed by atoms with Gasteiger partial charge in [-0.2, -0.15) is 0 Å². The molecule has 168 valence electrons. The monoisotopic (exact) mass is 443 g/mol. The van der Waals surface area contributed by atoms with Gasteiger partial charge in [0.2, 0.25) is 0 Å². The predicted octanol–water partition coefficient (Wildman–Crippen LogP) is 5.81. The number of hydrogen-bond acceptors (Lipinski definition) is 4. The van der Waals surface area contributed by atoms with Crippen molar-refractivity contribution in [2.45, 2.75) is 71.3 Å². The van der Waals surface area contributed by atoms with Crippen LogP contribution in [0.25, 0.3) is 10.1 Å². The number of hydrogen-bond donors (Lipinski definition) is 3. The van der Waals surface area contributed by atoms with Gasteiger partial charge in [0.15, 0.2) is 0 Å². The van der Waals surface area contributed by atoms with Gasteiger partial charge in [-0.05, 0) is 67.1 Å². The zero-order valence-electron chi connectivity index (χ0n) is 18.4. The minimum Gasteiger partial charge on any atom is -0.508 e. The molecule has 1 aromatic heterocycles. The topological polar surface area (TPSA) is 86.6 Å². The fourth-order valence-electron chi connectivity index (χ4n) is 5.88. The number of phenols is 1. The molecular weight excluding hydrogens is 410 g/mol. The van der Waals surface area contributed by atoms with E-state index in [1.54, 1.807) is 12.1 Å². The first-order valence-corrected chi connectivity index (χ1v) is 12.4. The maximum Gasteiger partial charge on any atom is 0.303 e. The van der Waals surface area contributed by atoms with Crippen LogP contribution in [0.1, 0.15) is 75.6 Å². The number of carbonyl (C=O) groups is 2. The Hall–Kier alpha value is -2.08. The minimum absolute atomic E-state index is 0.0329. The van der Waals surface area contributed by atoms with Crippen molar-refractivity contribution in [1.29, 1.82) is 0 Å². The fourth-order valence-corrected chi connectivity index (χ4v) is 6.80. The number of carboxylic acid groups (broad SMARTS) is 1. The third kappa shape index (κ3) is 4.45. The van der Waals surface area contributed by atoms with Crippen molar-refractivity contribution in [2.75, 3.05) is 0 Å². The van der Waals surface area contributed by atoms with Crippen LogP contribution in [0.5, 0.6) is 5.75 Å². The molecule has 0 aliphatic heterocycles. The van der Waals surface area contributed by atoms with Gasteiger partial charge in [0.25, 0.3) is 5.91 Å². The van der Waals surface area contributed by atoms with Gasteiger partial charge < -0.3 is 15.5 Å². The number of aliphatic carboxylic acids is 1. The molecule has 1 heterocycles. The van der Waals surface area contributed by atoms with Crippen LogP contribution in [0.2, 0.25) is 0 Å². The third-order valence-corrected chi connectivity index (χ3v) is 8.85. The van der Waals surface area contributed by atoms with Crippen molar-refractivity contribution >= 4 is 33.3 Å². The molecule has 1 aromatic carbocycles. The molecule has 0 unspecified atom stereocenters. The number of nitrogens with one attached hydrogen (secondary N) is 1. The number of carboxylic acids is 1. The molecule has 4 atom stereocenters. The molecule has 5 nitrogen and oxygen atoms in total. The lowest BCUT2D eigenvalue weighted by molar-refractivity contribution is -0.137. The highest BCUT2D eigenvalue weighted by atomic mass is 32.1. The van der Waals surface area contributed by atoms with E-state index < -0.39 is 5.97 Å². The molecule has 3 fully saturated rings. The second-order valence-electron chi connectivity index (χ2n) is 10.0. The summed E-state index contributed by atoms with van der Waals surface area (Å²) in [5.41, 5.74) is 0.924. The highest BCUT2D eigenvalue weighted by Crippen LogP contribution is 2.61. The Balaban J connectivity index is 1.42. The average Bonchev–Trinajstić information content (AvgIpc) is 3.13. The van der Waals surface area contributed by atoms with Crippen LogP contribution in [-0.2, 0) is 4.79 Å². The molecule has 3 aliphatic rings. The van der Waals surface area contributed by atoms with Crippen LogP contribution >= 0.6 is 11.3 Å². The zero-order valence-corrected chi connectivity index (χ0v) is 19.2. The lowest BCUT2D eigenvalue weighted by Crippen LogP contribution is -2.63. The molecular formula is C25H33NO4S. The molecule has 5 rings (SSSR count). The van der Waals surface area contributed by atoms with Crippen LogP contribution in [0.4, 0.5) is 0 Å². The first-order chi connectivity index (χ1) is 14.8. The molecule has 3 saturated carbocycles. The van der Waals surface area contributed by atoms with E-state index in [2.05, 4.69) is 19.2 Å². The molecule has 0 radical (unpaired) electrons. The van der Waals surface area contributed by atoms with E-state index in [1.807, 2.05) is 11.4 Å². The molecule has 6 heteroatoms. The summed E-state index contributed by atoms with van der Waals surface area (Å²) >= 11 is 1.53. The van der Waals surface area contributed by atoms with Gasteiger partial charge in [0, 0.05) is 27.9 Å². The third-order valence-electron chi connectivity index (χ3n) is 7.89. The van der Waals surface area contributed by atoms with Gasteiger partial charge in [-0.3, -0.25) is 9.59 Å². The maximum atomic E-state index is 13.3. The summed E-state index contributed by atoms with van der Waals surface area (Å²) in [6, 6.07) is 5.38. The predicted molar refractivity (Wildman–Crippen MR) is 124 cm³/mol. The van der Waals surface area contributed by atoms with E-state index in [9.17, 15) is 14.7 Å². The highest BCUT2D eigenvalue weighted by Gasteiger charge is 2.57. The van der Waals surface area contributed by atoms with E-state index in [0.717, 1.165) is 54.5 Å². The summed E-state index contributed by atoms with van der Waals surface area (Å²) in [4.78, 5) is 23.9. The molecule has 1 amide bonds. The molecule has 0 spiro atoms. The normalized spacial score (nSPS) is 26.4. The lowest BCUT2D eigenvalue weighted by atomic mass is 9.44.